The van der Waals surface area contributed by atoms with Crippen molar-refractivity contribution >= 4 is 39.6 Å². The lowest BCUT2D eigenvalue weighted by molar-refractivity contribution is -0.139. The number of pyridine rings is 1. The fraction of sp³-hybridized carbons (Fsp3) is 0.400. The number of fused-ring (bicyclic) bond motifs is 3. The Hall–Kier alpha value is -3.98. The quantitative estimate of drug-likeness (QED) is 0.198. The normalized spacial score (nSPS) is 11.3. The van der Waals surface area contributed by atoms with Crippen molar-refractivity contribution < 1.29 is 19.1 Å². The van der Waals surface area contributed by atoms with Crippen LogP contribution < -0.4 is 5.73 Å². The Labute approximate surface area is 228 Å². The van der Waals surface area contributed by atoms with E-state index < -0.39 is 0 Å². The van der Waals surface area contributed by atoms with Gasteiger partial charge in [0.1, 0.15) is 17.9 Å². The van der Waals surface area contributed by atoms with Gasteiger partial charge in [0, 0.05) is 38.0 Å². The van der Waals surface area contributed by atoms with Crippen molar-refractivity contribution in [2.75, 3.05) is 26.0 Å². The highest BCUT2D eigenvalue weighted by molar-refractivity contribution is 6.06. The highest BCUT2D eigenvalue weighted by atomic mass is 16.5. The van der Waals surface area contributed by atoms with Gasteiger partial charge in [-0.3, -0.25) is 9.59 Å². The minimum atomic E-state index is -0.283. The number of rotatable bonds is 13. The number of hydrogen-bond donors (Lipinski definition) is 1. The molecule has 0 atom stereocenters. The molecule has 4 aromatic rings. The minimum Gasteiger partial charge on any atom is -0.469 e. The number of benzene rings is 2. The third-order valence-electron chi connectivity index (χ3n) is 6.78. The molecule has 2 N–H and O–H groups in total. The number of anilines is 1. The number of aryl methyl sites for hydroxylation is 1. The lowest BCUT2D eigenvalue weighted by Crippen LogP contribution is -2.31. The number of unbranched alkanes of at least 4 members (excludes halogenated alkanes) is 1. The highest BCUT2D eigenvalue weighted by Crippen LogP contribution is 2.29. The number of esters is 1. The molecule has 9 nitrogen and oxygen atoms in total. The Morgan fingerprint density at radius 2 is 1.82 bits per heavy atom. The Kier molecular flexibility index (Phi) is 9.49. The van der Waals surface area contributed by atoms with Gasteiger partial charge < -0.3 is 24.7 Å². The van der Waals surface area contributed by atoms with E-state index in [1.54, 1.807) is 0 Å². The summed E-state index contributed by atoms with van der Waals surface area (Å²) in [6.07, 6.45) is 2.31. The van der Waals surface area contributed by atoms with Crippen LogP contribution in [-0.4, -0.2) is 51.6 Å². The first kappa shape index (κ1) is 28.0. The van der Waals surface area contributed by atoms with Gasteiger partial charge in [-0.2, -0.15) is 0 Å². The molecule has 0 radical (unpaired) electrons. The first-order valence-corrected chi connectivity index (χ1v) is 13.5. The first-order valence-electron chi connectivity index (χ1n) is 13.5. The fourth-order valence-electron chi connectivity index (χ4n) is 4.83. The monoisotopic (exact) mass is 531 g/mol. The summed E-state index contributed by atoms with van der Waals surface area (Å²) in [6, 6.07) is 15.7. The predicted octanol–water partition coefficient (Wildman–Crippen LogP) is 4.64. The predicted molar refractivity (Wildman–Crippen MR) is 152 cm³/mol. The second kappa shape index (κ2) is 13.2. The molecule has 0 unspecified atom stereocenters. The Morgan fingerprint density at radius 3 is 2.59 bits per heavy atom. The van der Waals surface area contributed by atoms with Crippen molar-refractivity contribution in [1.29, 1.82) is 0 Å². The largest absolute Gasteiger partial charge is 0.469 e. The molecule has 39 heavy (non-hydrogen) atoms. The highest BCUT2D eigenvalue weighted by Gasteiger charge is 2.18. The molecule has 0 bridgehead atoms. The van der Waals surface area contributed by atoms with Crippen molar-refractivity contribution in [3.8, 4) is 0 Å². The third kappa shape index (κ3) is 6.72. The maximum atomic E-state index is 12.8. The number of ether oxygens (including phenoxy) is 2. The van der Waals surface area contributed by atoms with E-state index in [9.17, 15) is 9.59 Å². The van der Waals surface area contributed by atoms with E-state index in [0.717, 1.165) is 52.8 Å². The molecular weight excluding hydrogens is 494 g/mol. The van der Waals surface area contributed by atoms with E-state index in [-0.39, 0.29) is 18.3 Å². The van der Waals surface area contributed by atoms with Crippen LogP contribution in [0.25, 0.3) is 21.9 Å². The molecule has 0 aliphatic heterocycles. The van der Waals surface area contributed by atoms with Crippen molar-refractivity contribution in [3.05, 3.63) is 65.5 Å². The summed E-state index contributed by atoms with van der Waals surface area (Å²) in [5.74, 6) is 1.05. The number of nitrogen functional groups attached to an aromatic ring is 1. The maximum Gasteiger partial charge on any atom is 0.309 e. The van der Waals surface area contributed by atoms with E-state index in [1.807, 2.05) is 67.3 Å². The molecule has 0 aliphatic carbocycles. The number of para-hydroxylation sites is 1. The molecule has 0 spiro atoms. The number of carbonyl (C=O) groups excluding carboxylic acids is 2. The standard InChI is InChI=1S/C30H37N5O4/c1-4-26(36)34(19-22-12-10-11-21(17-22)18-27(37)38-3)15-8-9-16-35-25(20-39-5-2)33-28-29(35)23-13-6-7-14-24(23)32-30(28)31/h6-7,10-14,17H,4-5,8-9,15-16,18-20H2,1-3H3,(H2,31,32). The van der Waals surface area contributed by atoms with Gasteiger partial charge in [0.2, 0.25) is 5.91 Å². The van der Waals surface area contributed by atoms with E-state index in [2.05, 4.69) is 9.55 Å². The van der Waals surface area contributed by atoms with Gasteiger partial charge in [0.15, 0.2) is 5.82 Å². The molecule has 2 heterocycles. The number of nitrogens with zero attached hydrogens (tertiary/aromatic N) is 4. The minimum absolute atomic E-state index is 0.100. The molecule has 0 saturated heterocycles. The summed E-state index contributed by atoms with van der Waals surface area (Å²) < 4.78 is 12.7. The SMILES string of the molecule is CCOCc1nc2c(N)nc3ccccc3c2n1CCCCN(Cc1cccc(CC(=O)OC)c1)C(=O)CC. The summed E-state index contributed by atoms with van der Waals surface area (Å²) in [7, 11) is 1.38. The number of hydrogen-bond acceptors (Lipinski definition) is 7. The molecule has 1 amide bonds. The average Bonchev–Trinajstić information content (AvgIpc) is 3.32. The van der Waals surface area contributed by atoms with Crippen molar-refractivity contribution in [1.82, 2.24) is 19.4 Å². The number of methoxy groups -OCH3 is 1. The van der Waals surface area contributed by atoms with Crippen LogP contribution in [0.5, 0.6) is 0 Å². The third-order valence-corrected chi connectivity index (χ3v) is 6.78. The van der Waals surface area contributed by atoms with Crippen LogP contribution in [0.3, 0.4) is 0 Å². The molecule has 0 aliphatic rings. The van der Waals surface area contributed by atoms with Crippen LogP contribution in [0.4, 0.5) is 5.82 Å². The summed E-state index contributed by atoms with van der Waals surface area (Å²) >= 11 is 0. The molecule has 206 valence electrons. The van der Waals surface area contributed by atoms with Gasteiger partial charge in [-0.25, -0.2) is 9.97 Å². The summed E-state index contributed by atoms with van der Waals surface area (Å²) in [6.45, 7) is 6.67. The van der Waals surface area contributed by atoms with Crippen LogP contribution >= 0.6 is 0 Å². The Bertz CT molecular complexity index is 1450. The molecule has 2 aromatic carbocycles. The second-order valence-corrected chi connectivity index (χ2v) is 9.48. The van der Waals surface area contributed by atoms with Gasteiger partial charge in [0.05, 0.1) is 24.6 Å². The molecule has 2 aromatic heterocycles. The molecular formula is C30H37N5O4. The maximum absolute atomic E-state index is 12.8. The van der Waals surface area contributed by atoms with Crippen LogP contribution in [-0.2, 0) is 45.2 Å². The van der Waals surface area contributed by atoms with Gasteiger partial charge in [-0.1, -0.05) is 49.4 Å². The smallest absolute Gasteiger partial charge is 0.309 e. The lowest BCUT2D eigenvalue weighted by atomic mass is 10.1. The van der Waals surface area contributed by atoms with Gasteiger partial charge in [-0.05, 0) is 37.0 Å². The van der Waals surface area contributed by atoms with E-state index in [1.165, 1.54) is 7.11 Å². The first-order chi connectivity index (χ1) is 18.9. The van der Waals surface area contributed by atoms with Crippen LogP contribution in [0.15, 0.2) is 48.5 Å². The van der Waals surface area contributed by atoms with E-state index in [0.29, 0.717) is 44.1 Å². The second-order valence-electron chi connectivity index (χ2n) is 9.48. The molecule has 4 rings (SSSR count). The number of nitrogens with two attached hydrogens (primary N) is 1. The van der Waals surface area contributed by atoms with Crippen LogP contribution in [0.2, 0.25) is 0 Å². The molecule has 9 heteroatoms. The van der Waals surface area contributed by atoms with E-state index in [4.69, 9.17) is 20.2 Å². The summed E-state index contributed by atoms with van der Waals surface area (Å²) in [5.41, 5.74) is 10.7. The summed E-state index contributed by atoms with van der Waals surface area (Å²) in [5, 5.41) is 1.01. The zero-order chi connectivity index (χ0) is 27.8. The van der Waals surface area contributed by atoms with Crippen LogP contribution in [0, 0.1) is 0 Å². The number of aromatic nitrogens is 3. The number of amides is 1. The topological polar surface area (TPSA) is 113 Å². The van der Waals surface area contributed by atoms with Crippen molar-refractivity contribution in [2.24, 2.45) is 0 Å². The zero-order valence-electron chi connectivity index (χ0n) is 23.0. The van der Waals surface area contributed by atoms with Crippen molar-refractivity contribution in [3.63, 3.8) is 0 Å². The van der Waals surface area contributed by atoms with Gasteiger partial charge >= 0.3 is 5.97 Å². The zero-order valence-corrected chi connectivity index (χ0v) is 23.0. The average molecular weight is 532 g/mol. The summed E-state index contributed by atoms with van der Waals surface area (Å²) in [4.78, 5) is 35.7. The molecule has 0 fully saturated rings. The Morgan fingerprint density at radius 1 is 1.03 bits per heavy atom. The van der Waals surface area contributed by atoms with E-state index >= 15 is 0 Å². The molecule has 0 saturated carbocycles. The lowest BCUT2D eigenvalue weighted by Gasteiger charge is -2.23. The van der Waals surface area contributed by atoms with Gasteiger partial charge in [-0.15, -0.1) is 0 Å². The Balaban J connectivity index is 1.50. The number of imidazole rings is 1. The van der Waals surface area contributed by atoms with Gasteiger partial charge in [0.25, 0.3) is 0 Å². The fourth-order valence-corrected chi connectivity index (χ4v) is 4.83. The number of carbonyl (C=O) groups is 2. The van der Waals surface area contributed by atoms with Crippen molar-refractivity contribution in [2.45, 2.75) is 59.2 Å². The van der Waals surface area contributed by atoms with Crippen LogP contribution in [0.1, 0.15) is 50.1 Å².